The van der Waals surface area contributed by atoms with Gasteiger partial charge in [0.2, 0.25) is 10.0 Å². The first-order valence-corrected chi connectivity index (χ1v) is 9.82. The average molecular weight is 362 g/mol. The maximum atomic E-state index is 11.7. The predicted molar refractivity (Wildman–Crippen MR) is 78.4 cm³/mol. The van der Waals surface area contributed by atoms with Gasteiger partial charge in [0.15, 0.2) is 0 Å². The second kappa shape index (κ2) is 6.95. The van der Waals surface area contributed by atoms with E-state index in [1.54, 1.807) is 6.92 Å². The van der Waals surface area contributed by atoms with Crippen LogP contribution in [0.5, 0.6) is 0 Å². The van der Waals surface area contributed by atoms with Crippen molar-refractivity contribution in [3.8, 4) is 0 Å². The molecule has 6 nitrogen and oxygen atoms in total. The Bertz CT molecular complexity index is 673. The molecular weight excluding hydrogens is 349 g/mol. The van der Waals surface area contributed by atoms with Crippen LogP contribution in [0.4, 0.5) is 5.69 Å². The summed E-state index contributed by atoms with van der Waals surface area (Å²) >= 11 is 5.82. The molecule has 0 aliphatic rings. The van der Waals surface area contributed by atoms with Crippen molar-refractivity contribution in [1.29, 1.82) is 0 Å². The molecule has 114 valence electrons. The first-order valence-electron chi connectivity index (χ1n) is 5.48. The highest BCUT2D eigenvalue weighted by molar-refractivity contribution is 8.13. The Morgan fingerprint density at radius 2 is 1.90 bits per heavy atom. The maximum absolute atomic E-state index is 11.7. The zero-order valence-corrected chi connectivity index (χ0v) is 13.6. The monoisotopic (exact) mass is 361 g/mol. The molecule has 1 rings (SSSR count). The third kappa shape index (κ3) is 5.45. The molecule has 0 aromatic heterocycles. The minimum Gasteiger partial charge on any atom is -0.381 e. The zero-order chi connectivity index (χ0) is 15.4. The van der Waals surface area contributed by atoms with Crippen LogP contribution in [0.25, 0.3) is 0 Å². The quantitative estimate of drug-likeness (QED) is 0.592. The van der Waals surface area contributed by atoms with Gasteiger partial charge in [0, 0.05) is 17.3 Å². The van der Waals surface area contributed by atoms with E-state index in [-0.39, 0.29) is 28.0 Å². The summed E-state index contributed by atoms with van der Waals surface area (Å²) in [5.41, 5.74) is 0.0761. The molecule has 0 radical (unpaired) electrons. The number of rotatable bonds is 7. The zero-order valence-electron chi connectivity index (χ0n) is 10.5. The summed E-state index contributed by atoms with van der Waals surface area (Å²) in [6, 6.07) is 3.47. The molecule has 20 heavy (non-hydrogen) atoms. The Balaban J connectivity index is 2.89. The van der Waals surface area contributed by atoms with Crippen molar-refractivity contribution in [3.05, 3.63) is 23.2 Å². The molecule has 0 fully saturated rings. The minimum absolute atomic E-state index is 0.0532. The summed E-state index contributed by atoms with van der Waals surface area (Å²) in [4.78, 5) is -0.207. The van der Waals surface area contributed by atoms with Crippen molar-refractivity contribution >= 4 is 47.0 Å². The molecule has 0 aliphatic carbocycles. The number of ether oxygens (including phenoxy) is 1. The molecule has 1 N–H and O–H groups in total. The Kier molecular flexibility index (Phi) is 6.08. The molecule has 0 saturated carbocycles. The fourth-order valence-electron chi connectivity index (χ4n) is 1.26. The molecule has 0 spiro atoms. The Labute approximate surface area is 127 Å². The van der Waals surface area contributed by atoms with Crippen LogP contribution in [0.2, 0.25) is 5.02 Å². The van der Waals surface area contributed by atoms with E-state index >= 15 is 0 Å². The smallest absolute Gasteiger partial charge is 0.261 e. The van der Waals surface area contributed by atoms with Gasteiger partial charge >= 0.3 is 0 Å². The van der Waals surface area contributed by atoms with Crippen molar-refractivity contribution in [3.63, 3.8) is 0 Å². The fraction of sp³-hybridized carbons (Fsp3) is 0.400. The standard InChI is InChI=1S/C10H13Cl2NO5S2/c1-2-18-5-6-19(14,15)13-10-4-3-8(7-9(10)11)20(12,16)17/h3-4,7,13H,2,5-6H2,1H3. The SMILES string of the molecule is CCOCCS(=O)(=O)Nc1ccc(S(=O)(=O)Cl)cc1Cl. The van der Waals surface area contributed by atoms with Gasteiger partial charge in [0.25, 0.3) is 9.05 Å². The third-order valence-corrected chi connectivity index (χ3v) is 5.09. The molecule has 0 atom stereocenters. The molecule has 1 aromatic rings. The normalized spacial score (nSPS) is 12.3. The highest BCUT2D eigenvalue weighted by Gasteiger charge is 2.16. The van der Waals surface area contributed by atoms with Crippen LogP contribution < -0.4 is 4.72 Å². The lowest BCUT2D eigenvalue weighted by Crippen LogP contribution is -2.20. The molecule has 0 bridgehead atoms. The van der Waals surface area contributed by atoms with Gasteiger partial charge in [0.1, 0.15) is 0 Å². The highest BCUT2D eigenvalue weighted by atomic mass is 35.7. The van der Waals surface area contributed by atoms with Gasteiger partial charge in [-0.15, -0.1) is 0 Å². The molecule has 0 aliphatic heterocycles. The molecule has 0 unspecified atom stereocenters. The summed E-state index contributed by atoms with van der Waals surface area (Å²) in [5, 5.41) is -0.0632. The minimum atomic E-state index is -3.91. The highest BCUT2D eigenvalue weighted by Crippen LogP contribution is 2.27. The lowest BCUT2D eigenvalue weighted by Gasteiger charge is -2.10. The average Bonchev–Trinajstić information content (AvgIpc) is 2.30. The molecule has 0 heterocycles. The van der Waals surface area contributed by atoms with Crippen molar-refractivity contribution in [2.24, 2.45) is 0 Å². The molecule has 0 saturated heterocycles. The predicted octanol–water partition coefficient (Wildman–Crippen LogP) is 2.05. The number of sulfonamides is 1. The van der Waals surface area contributed by atoms with Crippen molar-refractivity contribution < 1.29 is 21.6 Å². The van der Waals surface area contributed by atoms with E-state index in [1.807, 2.05) is 0 Å². The largest absolute Gasteiger partial charge is 0.381 e. The Morgan fingerprint density at radius 3 is 2.40 bits per heavy atom. The Morgan fingerprint density at radius 1 is 1.25 bits per heavy atom. The van der Waals surface area contributed by atoms with Crippen LogP contribution in [0.3, 0.4) is 0 Å². The van der Waals surface area contributed by atoms with Crippen LogP contribution in [-0.2, 0) is 23.8 Å². The first-order chi connectivity index (χ1) is 9.15. The second-order valence-corrected chi connectivity index (χ2v) is 8.51. The third-order valence-electron chi connectivity index (χ3n) is 2.19. The van der Waals surface area contributed by atoms with E-state index in [4.69, 9.17) is 27.0 Å². The maximum Gasteiger partial charge on any atom is 0.261 e. The number of hydrogen-bond acceptors (Lipinski definition) is 5. The van der Waals surface area contributed by atoms with Gasteiger partial charge < -0.3 is 4.74 Å². The van der Waals surface area contributed by atoms with Crippen LogP contribution in [-0.4, -0.2) is 35.8 Å². The molecule has 0 amide bonds. The van der Waals surface area contributed by atoms with Crippen molar-refractivity contribution in [2.75, 3.05) is 23.7 Å². The molecule has 1 aromatic carbocycles. The molecule has 10 heteroatoms. The topological polar surface area (TPSA) is 89.5 Å². The van der Waals surface area contributed by atoms with E-state index in [0.717, 1.165) is 12.1 Å². The number of nitrogens with one attached hydrogen (secondary N) is 1. The summed E-state index contributed by atoms with van der Waals surface area (Å²) in [5.74, 6) is -0.229. The van der Waals surface area contributed by atoms with E-state index in [1.165, 1.54) is 6.07 Å². The summed E-state index contributed by atoms with van der Waals surface area (Å²) in [6.07, 6.45) is 0. The van der Waals surface area contributed by atoms with Gasteiger partial charge in [0.05, 0.1) is 28.0 Å². The van der Waals surface area contributed by atoms with E-state index in [9.17, 15) is 16.8 Å². The van der Waals surface area contributed by atoms with Crippen LogP contribution >= 0.6 is 22.3 Å². The van der Waals surface area contributed by atoms with E-state index in [0.29, 0.717) is 6.61 Å². The fourth-order valence-corrected chi connectivity index (χ4v) is 3.34. The summed E-state index contributed by atoms with van der Waals surface area (Å²) in [7, 11) is -2.37. The number of anilines is 1. The van der Waals surface area contributed by atoms with Gasteiger partial charge in [-0.3, -0.25) is 4.72 Å². The number of halogens is 2. The van der Waals surface area contributed by atoms with E-state index < -0.39 is 19.1 Å². The number of hydrogen-bond donors (Lipinski definition) is 1. The van der Waals surface area contributed by atoms with Crippen molar-refractivity contribution in [1.82, 2.24) is 0 Å². The lowest BCUT2D eigenvalue weighted by molar-refractivity contribution is 0.163. The van der Waals surface area contributed by atoms with Crippen molar-refractivity contribution in [2.45, 2.75) is 11.8 Å². The second-order valence-electron chi connectivity index (χ2n) is 3.70. The number of benzene rings is 1. The van der Waals surface area contributed by atoms with Crippen LogP contribution in [0.15, 0.2) is 23.1 Å². The molecular formula is C10H13Cl2NO5S2. The summed E-state index contributed by atoms with van der Waals surface area (Å²) in [6.45, 7) is 2.22. The Hall–Kier alpha value is -0.540. The van der Waals surface area contributed by atoms with Gasteiger partial charge in [-0.2, -0.15) is 0 Å². The van der Waals surface area contributed by atoms with E-state index in [2.05, 4.69) is 4.72 Å². The first kappa shape index (κ1) is 17.5. The van der Waals surface area contributed by atoms with Gasteiger partial charge in [-0.25, -0.2) is 16.8 Å². The van der Waals surface area contributed by atoms with Gasteiger partial charge in [-0.05, 0) is 25.1 Å². The summed E-state index contributed by atoms with van der Waals surface area (Å²) < 4.78 is 52.8. The van der Waals surface area contributed by atoms with Gasteiger partial charge in [-0.1, -0.05) is 11.6 Å². The van der Waals surface area contributed by atoms with Crippen LogP contribution in [0, 0.1) is 0 Å². The lowest BCUT2D eigenvalue weighted by atomic mass is 10.3. The van der Waals surface area contributed by atoms with Crippen LogP contribution in [0.1, 0.15) is 6.92 Å².